The molecule has 0 spiro atoms. The highest BCUT2D eigenvalue weighted by Crippen LogP contribution is 2.28. The molecule has 1 aliphatic rings. The molecule has 0 bridgehead atoms. The lowest BCUT2D eigenvalue weighted by atomic mass is 9.82. The topological polar surface area (TPSA) is 66.4 Å². The van der Waals surface area contributed by atoms with Crippen molar-refractivity contribution >= 4 is 29.2 Å². The van der Waals surface area contributed by atoms with E-state index in [1.807, 2.05) is 0 Å². The molecule has 6 heteroatoms. The van der Waals surface area contributed by atoms with Crippen LogP contribution in [0.2, 0.25) is 5.02 Å². The van der Waals surface area contributed by atoms with Gasteiger partial charge in [0.1, 0.15) is 5.82 Å². The van der Waals surface area contributed by atoms with Gasteiger partial charge in [-0.1, -0.05) is 23.8 Å². The number of hydrogen-bond donors (Lipinski definition) is 2. The summed E-state index contributed by atoms with van der Waals surface area (Å²) in [5.41, 5.74) is 0.347. The number of halogens is 2. The molecule has 106 valence electrons. The number of carboxylic acid groups (broad SMARTS) is 1. The largest absolute Gasteiger partial charge is 0.481 e. The summed E-state index contributed by atoms with van der Waals surface area (Å²) in [4.78, 5) is 23.3. The summed E-state index contributed by atoms with van der Waals surface area (Å²) >= 11 is 5.63. The van der Waals surface area contributed by atoms with Crippen LogP contribution in [0.25, 0.3) is 0 Å². The molecule has 0 saturated heterocycles. The van der Waals surface area contributed by atoms with E-state index in [1.54, 1.807) is 12.2 Å². The van der Waals surface area contributed by atoms with Crippen LogP contribution in [0.15, 0.2) is 30.4 Å². The maximum absolute atomic E-state index is 13.0. The average Bonchev–Trinajstić information content (AvgIpc) is 2.43. The number of anilines is 1. The molecule has 0 saturated carbocycles. The van der Waals surface area contributed by atoms with Crippen LogP contribution >= 0.6 is 11.6 Å². The van der Waals surface area contributed by atoms with Crippen LogP contribution in [0.5, 0.6) is 0 Å². The van der Waals surface area contributed by atoms with E-state index in [0.717, 1.165) is 6.07 Å². The molecule has 0 fully saturated rings. The average molecular weight is 298 g/mol. The Kier molecular flexibility index (Phi) is 4.39. The van der Waals surface area contributed by atoms with Crippen molar-refractivity contribution in [1.29, 1.82) is 0 Å². The number of carboxylic acids is 1. The summed E-state index contributed by atoms with van der Waals surface area (Å²) in [6, 6.07) is 3.82. The smallest absolute Gasteiger partial charge is 0.307 e. The van der Waals surface area contributed by atoms with E-state index in [-0.39, 0.29) is 5.02 Å². The number of benzene rings is 1. The number of aliphatic carboxylic acids is 1. The van der Waals surface area contributed by atoms with Gasteiger partial charge < -0.3 is 10.4 Å². The summed E-state index contributed by atoms with van der Waals surface area (Å²) in [5.74, 6) is -3.35. The lowest BCUT2D eigenvalue weighted by Crippen LogP contribution is -2.34. The molecule has 1 aliphatic carbocycles. The van der Waals surface area contributed by atoms with Gasteiger partial charge >= 0.3 is 5.97 Å². The van der Waals surface area contributed by atoms with Gasteiger partial charge in [-0.05, 0) is 31.0 Å². The van der Waals surface area contributed by atoms with Crippen molar-refractivity contribution in [3.8, 4) is 0 Å². The van der Waals surface area contributed by atoms with Crippen LogP contribution in [0, 0.1) is 17.7 Å². The maximum atomic E-state index is 13.0. The molecular formula is C14H13ClFNO3. The first-order valence-corrected chi connectivity index (χ1v) is 6.50. The van der Waals surface area contributed by atoms with Crippen molar-refractivity contribution in [3.05, 3.63) is 41.2 Å². The Morgan fingerprint density at radius 2 is 1.90 bits per heavy atom. The van der Waals surface area contributed by atoms with E-state index < -0.39 is 29.5 Å². The summed E-state index contributed by atoms with van der Waals surface area (Å²) in [5, 5.41) is 11.6. The second-order valence-electron chi connectivity index (χ2n) is 4.61. The number of nitrogens with one attached hydrogen (secondary N) is 1. The summed E-state index contributed by atoms with van der Waals surface area (Å²) in [6.07, 6.45) is 4.26. The van der Waals surface area contributed by atoms with Crippen molar-refractivity contribution in [2.24, 2.45) is 11.8 Å². The van der Waals surface area contributed by atoms with Gasteiger partial charge in [0.25, 0.3) is 0 Å². The highest BCUT2D eigenvalue weighted by Gasteiger charge is 2.33. The minimum atomic E-state index is -0.994. The summed E-state index contributed by atoms with van der Waals surface area (Å²) in [7, 11) is 0. The highest BCUT2D eigenvalue weighted by molar-refractivity contribution is 6.31. The van der Waals surface area contributed by atoms with E-state index in [1.165, 1.54) is 12.1 Å². The maximum Gasteiger partial charge on any atom is 0.307 e. The van der Waals surface area contributed by atoms with Gasteiger partial charge in [-0.25, -0.2) is 4.39 Å². The molecule has 2 rings (SSSR count). The Hall–Kier alpha value is -1.88. The number of rotatable bonds is 3. The fourth-order valence-corrected chi connectivity index (χ4v) is 2.37. The molecular weight excluding hydrogens is 285 g/mol. The molecule has 0 heterocycles. The number of carbonyl (C=O) groups is 2. The molecule has 0 radical (unpaired) electrons. The van der Waals surface area contributed by atoms with Crippen LogP contribution in [0.3, 0.4) is 0 Å². The summed E-state index contributed by atoms with van der Waals surface area (Å²) in [6.45, 7) is 0. The molecule has 20 heavy (non-hydrogen) atoms. The van der Waals surface area contributed by atoms with Crippen molar-refractivity contribution in [1.82, 2.24) is 0 Å². The van der Waals surface area contributed by atoms with Gasteiger partial charge in [-0.3, -0.25) is 9.59 Å². The Labute approximate surface area is 120 Å². The predicted molar refractivity (Wildman–Crippen MR) is 73.0 cm³/mol. The molecule has 0 aliphatic heterocycles. The highest BCUT2D eigenvalue weighted by atomic mass is 35.5. The molecule has 2 N–H and O–H groups in total. The minimum absolute atomic E-state index is 0.0962. The molecule has 0 aromatic heterocycles. The van der Waals surface area contributed by atoms with Crippen LogP contribution in [0.1, 0.15) is 12.8 Å². The SMILES string of the molecule is O=C(O)[C@@H]1CC=CC[C@H]1C(=O)Nc1ccc(F)c(Cl)c1. The zero-order valence-electron chi connectivity index (χ0n) is 10.5. The lowest BCUT2D eigenvalue weighted by Gasteiger charge is -2.24. The quantitative estimate of drug-likeness (QED) is 0.843. The standard InChI is InChI=1S/C14H13ClFNO3/c15-11-7-8(5-6-12(11)16)17-13(18)9-3-1-2-4-10(9)14(19)20/h1-2,5-7,9-10H,3-4H2,(H,17,18)(H,19,20)/t9-,10-/m1/s1. The fraction of sp³-hybridized carbons (Fsp3) is 0.286. The normalized spacial score (nSPS) is 21.5. The third-order valence-corrected chi connectivity index (χ3v) is 3.56. The van der Waals surface area contributed by atoms with Gasteiger partial charge in [0, 0.05) is 5.69 Å². The van der Waals surface area contributed by atoms with E-state index >= 15 is 0 Å². The molecule has 1 aromatic carbocycles. The van der Waals surface area contributed by atoms with Crippen LogP contribution in [-0.4, -0.2) is 17.0 Å². The van der Waals surface area contributed by atoms with Crippen molar-refractivity contribution in [2.45, 2.75) is 12.8 Å². The first-order valence-electron chi connectivity index (χ1n) is 6.12. The van der Waals surface area contributed by atoms with Gasteiger partial charge in [0.2, 0.25) is 5.91 Å². The van der Waals surface area contributed by atoms with Crippen molar-refractivity contribution in [3.63, 3.8) is 0 Å². The van der Waals surface area contributed by atoms with E-state index in [4.69, 9.17) is 16.7 Å². The first-order chi connectivity index (χ1) is 9.49. The van der Waals surface area contributed by atoms with Gasteiger partial charge in [-0.15, -0.1) is 0 Å². The molecule has 2 atom stereocenters. The van der Waals surface area contributed by atoms with Gasteiger partial charge in [-0.2, -0.15) is 0 Å². The Balaban J connectivity index is 2.12. The van der Waals surface area contributed by atoms with Gasteiger partial charge in [0.15, 0.2) is 0 Å². The lowest BCUT2D eigenvalue weighted by molar-refractivity contribution is -0.146. The third kappa shape index (κ3) is 3.17. The Morgan fingerprint density at radius 1 is 1.25 bits per heavy atom. The Bertz CT molecular complexity index is 574. The number of carbonyl (C=O) groups excluding carboxylic acids is 1. The molecule has 1 amide bonds. The monoisotopic (exact) mass is 297 g/mol. The summed E-state index contributed by atoms with van der Waals surface area (Å²) < 4.78 is 13.0. The van der Waals surface area contributed by atoms with E-state index in [0.29, 0.717) is 18.5 Å². The molecule has 0 unspecified atom stereocenters. The first kappa shape index (κ1) is 14.5. The number of amides is 1. The van der Waals surface area contributed by atoms with Crippen LogP contribution in [-0.2, 0) is 9.59 Å². The van der Waals surface area contributed by atoms with Crippen molar-refractivity contribution < 1.29 is 19.1 Å². The van der Waals surface area contributed by atoms with E-state index in [2.05, 4.69) is 5.32 Å². The molecule has 1 aromatic rings. The van der Waals surface area contributed by atoms with Crippen molar-refractivity contribution in [2.75, 3.05) is 5.32 Å². The third-order valence-electron chi connectivity index (χ3n) is 3.27. The van der Waals surface area contributed by atoms with Gasteiger partial charge in [0.05, 0.1) is 16.9 Å². The predicted octanol–water partition coefficient (Wildman–Crippen LogP) is 3.08. The van der Waals surface area contributed by atoms with Crippen LogP contribution in [0.4, 0.5) is 10.1 Å². The zero-order valence-corrected chi connectivity index (χ0v) is 11.2. The second kappa shape index (κ2) is 6.05. The zero-order chi connectivity index (χ0) is 14.7. The number of hydrogen-bond acceptors (Lipinski definition) is 2. The number of allylic oxidation sites excluding steroid dienone is 2. The molecule has 4 nitrogen and oxygen atoms in total. The Morgan fingerprint density at radius 3 is 2.50 bits per heavy atom. The minimum Gasteiger partial charge on any atom is -0.481 e. The van der Waals surface area contributed by atoms with E-state index in [9.17, 15) is 14.0 Å². The second-order valence-corrected chi connectivity index (χ2v) is 5.02. The van der Waals surface area contributed by atoms with Crippen LogP contribution < -0.4 is 5.32 Å². The fourth-order valence-electron chi connectivity index (χ4n) is 2.19.